The molecule has 0 fully saturated rings. The Balaban J connectivity index is 1.78. The van der Waals surface area contributed by atoms with Gasteiger partial charge in [-0.05, 0) is 64.3 Å². The van der Waals surface area contributed by atoms with Gasteiger partial charge in [0.15, 0.2) is 6.61 Å². The van der Waals surface area contributed by atoms with Gasteiger partial charge in [-0.3, -0.25) is 9.59 Å². The second-order valence-corrected chi connectivity index (χ2v) is 8.12. The molecule has 1 atom stereocenters. The third-order valence-corrected chi connectivity index (χ3v) is 6.03. The average molecular weight is 499 g/mol. The van der Waals surface area contributed by atoms with Gasteiger partial charge in [-0.25, -0.2) is 0 Å². The first-order valence-electron chi connectivity index (χ1n) is 10.4. The summed E-state index contributed by atoms with van der Waals surface area (Å²) in [6.45, 7) is 4.16. The highest BCUT2D eigenvalue weighted by Gasteiger charge is 2.26. The van der Waals surface area contributed by atoms with Crippen molar-refractivity contribution in [2.75, 3.05) is 20.3 Å². The van der Waals surface area contributed by atoms with E-state index in [4.69, 9.17) is 9.47 Å². The summed E-state index contributed by atoms with van der Waals surface area (Å²) in [6, 6.07) is 18.5. The third-order valence-electron chi connectivity index (χ3n) is 5.21. The zero-order valence-corrected chi connectivity index (χ0v) is 20.0. The maximum atomic E-state index is 13.2. The van der Waals surface area contributed by atoms with Gasteiger partial charge < -0.3 is 19.7 Å². The Morgan fingerprint density at radius 3 is 2.47 bits per heavy atom. The van der Waals surface area contributed by atoms with Crippen molar-refractivity contribution in [2.24, 2.45) is 0 Å². The van der Waals surface area contributed by atoms with E-state index in [0.29, 0.717) is 12.3 Å². The number of ether oxygens (including phenoxy) is 2. The van der Waals surface area contributed by atoms with Crippen LogP contribution < -0.4 is 14.8 Å². The molecule has 7 heteroatoms. The lowest BCUT2D eigenvalue weighted by molar-refractivity contribution is -0.142. The van der Waals surface area contributed by atoms with E-state index in [2.05, 4.69) is 21.2 Å². The Morgan fingerprint density at radius 1 is 1.06 bits per heavy atom. The summed E-state index contributed by atoms with van der Waals surface area (Å²) >= 11 is 3.58. The molecule has 0 bridgehead atoms. The van der Waals surface area contributed by atoms with E-state index in [1.54, 1.807) is 14.0 Å². The number of amides is 2. The number of hydrogen-bond acceptors (Lipinski definition) is 4. The van der Waals surface area contributed by atoms with Crippen molar-refractivity contribution < 1.29 is 19.1 Å². The molecule has 0 saturated heterocycles. The smallest absolute Gasteiger partial charge is 0.261 e. The van der Waals surface area contributed by atoms with E-state index in [0.717, 1.165) is 26.6 Å². The number of hydrogen-bond donors (Lipinski definition) is 1. The van der Waals surface area contributed by atoms with E-state index < -0.39 is 6.04 Å². The van der Waals surface area contributed by atoms with Crippen LogP contribution in [0.3, 0.4) is 0 Å². The first kappa shape index (κ1) is 23.6. The van der Waals surface area contributed by atoms with Crippen LogP contribution in [-0.2, 0) is 16.1 Å². The quantitative estimate of drug-likeness (QED) is 0.470. The number of carbonyl (C=O) groups excluding carboxylic acids is 2. The fourth-order valence-corrected chi connectivity index (χ4v) is 3.99. The first-order chi connectivity index (χ1) is 15.4. The van der Waals surface area contributed by atoms with Crippen LogP contribution in [0.25, 0.3) is 10.8 Å². The monoisotopic (exact) mass is 498 g/mol. The molecule has 6 nitrogen and oxygen atoms in total. The van der Waals surface area contributed by atoms with Gasteiger partial charge in [0, 0.05) is 13.1 Å². The Kier molecular flexibility index (Phi) is 8.11. The van der Waals surface area contributed by atoms with Gasteiger partial charge in [0.25, 0.3) is 5.91 Å². The first-order valence-corrected chi connectivity index (χ1v) is 11.2. The SMILES string of the molecule is CCNC(=O)[C@@H](C)N(Cc1ccc(OC)cc1)C(=O)COc1ccc2ccccc2c1Br. The summed E-state index contributed by atoms with van der Waals surface area (Å²) in [4.78, 5) is 27.2. The molecule has 0 unspecified atom stereocenters. The van der Waals surface area contributed by atoms with Gasteiger partial charge in [0.2, 0.25) is 5.91 Å². The maximum Gasteiger partial charge on any atom is 0.261 e. The highest BCUT2D eigenvalue weighted by molar-refractivity contribution is 9.10. The van der Waals surface area contributed by atoms with Crippen LogP contribution in [0.5, 0.6) is 11.5 Å². The highest BCUT2D eigenvalue weighted by atomic mass is 79.9. The minimum Gasteiger partial charge on any atom is -0.497 e. The van der Waals surface area contributed by atoms with Crippen LogP contribution in [0, 0.1) is 0 Å². The summed E-state index contributed by atoms with van der Waals surface area (Å²) in [5.41, 5.74) is 0.891. The Morgan fingerprint density at radius 2 is 1.78 bits per heavy atom. The molecular formula is C25H27BrN2O4. The topological polar surface area (TPSA) is 67.9 Å². The van der Waals surface area contributed by atoms with Crippen molar-refractivity contribution in [3.8, 4) is 11.5 Å². The molecule has 0 saturated carbocycles. The van der Waals surface area contributed by atoms with E-state index in [1.807, 2.05) is 67.6 Å². The number of nitrogens with one attached hydrogen (secondary N) is 1. The number of benzene rings is 3. The number of halogens is 1. The second kappa shape index (κ2) is 11.0. The molecular weight excluding hydrogens is 472 g/mol. The highest BCUT2D eigenvalue weighted by Crippen LogP contribution is 2.33. The molecule has 3 rings (SSSR count). The molecule has 1 N–H and O–H groups in total. The maximum absolute atomic E-state index is 13.2. The zero-order valence-electron chi connectivity index (χ0n) is 18.4. The Labute approximate surface area is 196 Å². The van der Waals surface area contributed by atoms with E-state index >= 15 is 0 Å². The minimum atomic E-state index is -0.645. The van der Waals surface area contributed by atoms with Gasteiger partial charge >= 0.3 is 0 Å². The number of methoxy groups -OCH3 is 1. The second-order valence-electron chi connectivity index (χ2n) is 7.33. The number of fused-ring (bicyclic) bond motifs is 1. The molecule has 0 aliphatic carbocycles. The molecule has 2 amide bonds. The zero-order chi connectivity index (χ0) is 23.1. The number of carbonyl (C=O) groups is 2. The van der Waals surface area contributed by atoms with Crippen molar-refractivity contribution in [1.82, 2.24) is 10.2 Å². The molecule has 32 heavy (non-hydrogen) atoms. The van der Waals surface area contributed by atoms with E-state index in [1.165, 1.54) is 4.90 Å². The molecule has 3 aromatic carbocycles. The standard InChI is InChI=1S/C25H27BrN2O4/c1-4-27-25(30)17(2)28(15-18-9-12-20(31-3)13-10-18)23(29)16-32-22-14-11-19-7-5-6-8-21(19)24(22)26/h5-14,17H,4,15-16H2,1-3H3,(H,27,30)/t17-/m1/s1. The Bertz CT molecular complexity index is 1080. The van der Waals surface area contributed by atoms with Gasteiger partial charge in [-0.2, -0.15) is 0 Å². The van der Waals surface area contributed by atoms with E-state index in [9.17, 15) is 9.59 Å². The van der Waals surface area contributed by atoms with Crippen LogP contribution in [0.1, 0.15) is 19.4 Å². The van der Waals surface area contributed by atoms with Gasteiger partial charge in [0.05, 0.1) is 11.6 Å². The molecule has 3 aromatic rings. The van der Waals surface area contributed by atoms with Crippen molar-refractivity contribution in [3.63, 3.8) is 0 Å². The van der Waals surface area contributed by atoms with Crippen molar-refractivity contribution in [3.05, 3.63) is 70.7 Å². The molecule has 168 valence electrons. The van der Waals surface area contributed by atoms with Crippen LogP contribution in [0.2, 0.25) is 0 Å². The summed E-state index contributed by atoms with van der Waals surface area (Å²) in [6.07, 6.45) is 0. The number of likely N-dealkylation sites (N-methyl/N-ethyl adjacent to an activating group) is 1. The summed E-state index contributed by atoms with van der Waals surface area (Å²) in [5, 5.41) is 4.86. The summed E-state index contributed by atoms with van der Waals surface area (Å²) in [5.74, 6) is 0.820. The predicted octanol–water partition coefficient (Wildman–Crippen LogP) is 4.54. The molecule has 0 aromatic heterocycles. The fourth-order valence-electron chi connectivity index (χ4n) is 3.38. The van der Waals surface area contributed by atoms with Crippen LogP contribution in [0.4, 0.5) is 0 Å². The summed E-state index contributed by atoms with van der Waals surface area (Å²) < 4.78 is 11.9. The lowest BCUT2D eigenvalue weighted by Gasteiger charge is -2.28. The van der Waals surface area contributed by atoms with Gasteiger partial charge in [-0.1, -0.05) is 42.5 Å². The normalized spacial score (nSPS) is 11.6. The lowest BCUT2D eigenvalue weighted by Crippen LogP contribution is -2.49. The van der Waals surface area contributed by atoms with Crippen LogP contribution in [0.15, 0.2) is 65.1 Å². The van der Waals surface area contributed by atoms with Crippen molar-refractivity contribution >= 4 is 38.5 Å². The van der Waals surface area contributed by atoms with Crippen LogP contribution >= 0.6 is 15.9 Å². The van der Waals surface area contributed by atoms with Crippen LogP contribution in [-0.4, -0.2) is 43.0 Å². The summed E-state index contributed by atoms with van der Waals surface area (Å²) in [7, 11) is 1.60. The minimum absolute atomic E-state index is 0.184. The van der Waals surface area contributed by atoms with Crippen molar-refractivity contribution in [1.29, 1.82) is 0 Å². The number of nitrogens with zero attached hydrogens (tertiary/aromatic N) is 1. The van der Waals surface area contributed by atoms with E-state index in [-0.39, 0.29) is 25.0 Å². The third kappa shape index (κ3) is 5.59. The Hall–Kier alpha value is -3.06. The lowest BCUT2D eigenvalue weighted by atomic mass is 10.1. The average Bonchev–Trinajstić information content (AvgIpc) is 2.82. The van der Waals surface area contributed by atoms with Crippen molar-refractivity contribution in [2.45, 2.75) is 26.4 Å². The fraction of sp³-hybridized carbons (Fsp3) is 0.280. The molecule has 0 spiro atoms. The van der Waals surface area contributed by atoms with Gasteiger partial charge in [0.1, 0.15) is 17.5 Å². The number of rotatable bonds is 9. The van der Waals surface area contributed by atoms with Gasteiger partial charge in [-0.15, -0.1) is 0 Å². The molecule has 0 radical (unpaired) electrons. The molecule has 0 aliphatic heterocycles. The molecule has 0 heterocycles. The predicted molar refractivity (Wildman–Crippen MR) is 129 cm³/mol. The largest absolute Gasteiger partial charge is 0.497 e. The molecule has 0 aliphatic rings.